The Morgan fingerprint density at radius 1 is 1.58 bits per heavy atom. The number of pyridine rings is 1. The summed E-state index contributed by atoms with van der Waals surface area (Å²) in [6, 6.07) is 4.34. The molecule has 102 valence electrons. The Labute approximate surface area is 113 Å². The lowest BCUT2D eigenvalue weighted by Gasteiger charge is -2.24. The fourth-order valence-corrected chi connectivity index (χ4v) is 2.12. The van der Waals surface area contributed by atoms with Crippen molar-refractivity contribution < 1.29 is 9.90 Å². The summed E-state index contributed by atoms with van der Waals surface area (Å²) in [5, 5.41) is 8.75. The smallest absolute Gasteiger partial charge is 0.328 e. The molecule has 0 aliphatic heterocycles. The molecule has 4 heteroatoms. The number of unbranched alkanes of at least 4 members (excludes halogenated alkanes) is 1. The Hall–Kier alpha value is -1.84. The molecule has 0 amide bonds. The molecule has 1 fully saturated rings. The molecule has 1 N–H and O–H groups in total. The number of anilines is 1. The van der Waals surface area contributed by atoms with Crippen LogP contribution in [-0.2, 0) is 4.79 Å². The van der Waals surface area contributed by atoms with Crippen molar-refractivity contribution in [2.75, 3.05) is 11.4 Å². The van der Waals surface area contributed by atoms with Crippen molar-refractivity contribution in [3.8, 4) is 0 Å². The minimum atomic E-state index is -0.929. The highest BCUT2D eigenvalue weighted by Crippen LogP contribution is 2.32. The van der Waals surface area contributed by atoms with Gasteiger partial charge in [-0.3, -0.25) is 0 Å². The minimum Gasteiger partial charge on any atom is -0.478 e. The van der Waals surface area contributed by atoms with E-state index in [1.807, 2.05) is 12.1 Å². The van der Waals surface area contributed by atoms with Crippen LogP contribution in [-0.4, -0.2) is 28.6 Å². The topological polar surface area (TPSA) is 53.4 Å². The van der Waals surface area contributed by atoms with Crippen molar-refractivity contribution >= 4 is 17.9 Å². The van der Waals surface area contributed by atoms with Crippen LogP contribution in [0.5, 0.6) is 0 Å². The van der Waals surface area contributed by atoms with Gasteiger partial charge < -0.3 is 10.0 Å². The minimum absolute atomic E-state index is 0.582. The number of nitrogens with zero attached hydrogens (tertiary/aromatic N) is 2. The highest BCUT2D eigenvalue weighted by atomic mass is 16.4. The molecule has 1 heterocycles. The van der Waals surface area contributed by atoms with Crippen LogP contribution in [0.15, 0.2) is 24.4 Å². The molecule has 19 heavy (non-hydrogen) atoms. The van der Waals surface area contributed by atoms with Crippen molar-refractivity contribution in [3.05, 3.63) is 30.0 Å². The summed E-state index contributed by atoms with van der Waals surface area (Å²) in [6.45, 7) is 3.17. The van der Waals surface area contributed by atoms with Gasteiger partial charge in [0.05, 0.1) is 0 Å². The number of hydrogen-bond acceptors (Lipinski definition) is 3. The molecule has 0 radical (unpaired) electrons. The fraction of sp³-hybridized carbons (Fsp3) is 0.467. The van der Waals surface area contributed by atoms with Gasteiger partial charge in [-0.15, -0.1) is 0 Å². The van der Waals surface area contributed by atoms with Crippen molar-refractivity contribution in [2.45, 2.75) is 38.6 Å². The van der Waals surface area contributed by atoms with Gasteiger partial charge in [-0.2, -0.15) is 0 Å². The summed E-state index contributed by atoms with van der Waals surface area (Å²) >= 11 is 0. The van der Waals surface area contributed by atoms with E-state index in [9.17, 15) is 4.79 Å². The number of carboxylic acids is 1. The molecule has 1 aliphatic rings. The lowest BCUT2D eigenvalue weighted by molar-refractivity contribution is -0.131. The number of carbonyl (C=O) groups is 1. The molecule has 1 aliphatic carbocycles. The van der Waals surface area contributed by atoms with Crippen molar-refractivity contribution in [1.29, 1.82) is 0 Å². The van der Waals surface area contributed by atoms with E-state index >= 15 is 0 Å². The molecular weight excluding hydrogens is 240 g/mol. The standard InChI is InChI=1S/C15H20N2O2/c1-2-3-11-17(13-7-8-13)15-12(5-4-10-16-15)6-9-14(18)19/h4-6,9-10,13H,2-3,7-8,11H2,1H3,(H,18,19)/b9-6+. The van der Waals surface area contributed by atoms with Crippen molar-refractivity contribution in [2.24, 2.45) is 0 Å². The van der Waals surface area contributed by atoms with Crippen LogP contribution in [0.1, 0.15) is 38.2 Å². The number of aliphatic carboxylic acids is 1. The van der Waals surface area contributed by atoms with Gasteiger partial charge in [0.2, 0.25) is 0 Å². The third-order valence-corrected chi connectivity index (χ3v) is 3.23. The summed E-state index contributed by atoms with van der Waals surface area (Å²) in [5.74, 6) is -0.0164. The Kier molecular flexibility index (Phi) is 4.55. The average molecular weight is 260 g/mol. The molecule has 0 spiro atoms. The maximum Gasteiger partial charge on any atom is 0.328 e. The van der Waals surface area contributed by atoms with E-state index in [-0.39, 0.29) is 0 Å². The summed E-state index contributed by atoms with van der Waals surface area (Å²) in [7, 11) is 0. The van der Waals surface area contributed by atoms with Gasteiger partial charge in [0.15, 0.2) is 0 Å². The molecule has 0 atom stereocenters. The van der Waals surface area contributed by atoms with Crippen LogP contribution >= 0.6 is 0 Å². The zero-order valence-corrected chi connectivity index (χ0v) is 11.2. The van der Waals surface area contributed by atoms with Gasteiger partial charge >= 0.3 is 5.97 Å². The average Bonchev–Trinajstić information content (AvgIpc) is 3.22. The normalized spacial score (nSPS) is 14.8. The monoisotopic (exact) mass is 260 g/mol. The summed E-state index contributed by atoms with van der Waals surface area (Å²) in [5.41, 5.74) is 0.882. The quantitative estimate of drug-likeness (QED) is 0.766. The molecule has 0 saturated heterocycles. The fourth-order valence-electron chi connectivity index (χ4n) is 2.12. The lowest BCUT2D eigenvalue weighted by atomic mass is 10.2. The third kappa shape index (κ3) is 3.81. The van der Waals surface area contributed by atoms with E-state index in [4.69, 9.17) is 5.11 Å². The SMILES string of the molecule is CCCCN(c1ncccc1/C=C/C(=O)O)C1CC1. The zero-order valence-electron chi connectivity index (χ0n) is 11.2. The number of carboxylic acid groups (broad SMARTS) is 1. The molecule has 1 aromatic rings. The maximum absolute atomic E-state index is 10.7. The maximum atomic E-state index is 10.7. The number of hydrogen-bond donors (Lipinski definition) is 1. The first kappa shape index (κ1) is 13.6. The van der Waals surface area contributed by atoms with E-state index in [2.05, 4.69) is 16.8 Å². The van der Waals surface area contributed by atoms with Crippen molar-refractivity contribution in [1.82, 2.24) is 4.98 Å². The number of aromatic nitrogens is 1. The highest BCUT2D eigenvalue weighted by molar-refractivity contribution is 5.86. The first-order chi connectivity index (χ1) is 9.22. The van der Waals surface area contributed by atoms with Gasteiger partial charge in [0, 0.05) is 30.4 Å². The second-order valence-corrected chi connectivity index (χ2v) is 4.87. The van der Waals surface area contributed by atoms with Crippen molar-refractivity contribution in [3.63, 3.8) is 0 Å². The van der Waals surface area contributed by atoms with Crippen LogP contribution in [0.3, 0.4) is 0 Å². The van der Waals surface area contributed by atoms with E-state index in [1.54, 1.807) is 12.3 Å². The third-order valence-electron chi connectivity index (χ3n) is 3.23. The van der Waals surface area contributed by atoms with Gasteiger partial charge in [-0.25, -0.2) is 9.78 Å². The zero-order chi connectivity index (χ0) is 13.7. The van der Waals surface area contributed by atoms with Crippen LogP contribution in [0.4, 0.5) is 5.82 Å². The van der Waals surface area contributed by atoms with E-state index in [0.29, 0.717) is 6.04 Å². The molecule has 0 aromatic carbocycles. The highest BCUT2D eigenvalue weighted by Gasteiger charge is 2.30. The molecule has 0 bridgehead atoms. The first-order valence-corrected chi connectivity index (χ1v) is 6.85. The molecule has 2 rings (SSSR count). The largest absolute Gasteiger partial charge is 0.478 e. The van der Waals surface area contributed by atoms with E-state index < -0.39 is 5.97 Å². The first-order valence-electron chi connectivity index (χ1n) is 6.85. The predicted octanol–water partition coefficient (Wildman–Crippen LogP) is 2.95. The molecular formula is C15H20N2O2. The van der Waals surface area contributed by atoms with E-state index in [0.717, 1.165) is 30.8 Å². The summed E-state index contributed by atoms with van der Waals surface area (Å²) in [6.07, 6.45) is 9.28. The van der Waals surface area contributed by atoms with Gasteiger partial charge in [-0.1, -0.05) is 13.3 Å². The Morgan fingerprint density at radius 3 is 3.00 bits per heavy atom. The van der Waals surface area contributed by atoms with E-state index in [1.165, 1.54) is 18.9 Å². The Balaban J connectivity index is 2.22. The summed E-state index contributed by atoms with van der Waals surface area (Å²) in [4.78, 5) is 17.4. The Morgan fingerprint density at radius 2 is 2.37 bits per heavy atom. The van der Waals surface area contributed by atoms with Crippen LogP contribution in [0.25, 0.3) is 6.08 Å². The Bertz CT molecular complexity index is 467. The molecule has 0 unspecified atom stereocenters. The molecule has 1 saturated carbocycles. The van der Waals surface area contributed by atoms with Crippen LogP contribution in [0.2, 0.25) is 0 Å². The lowest BCUT2D eigenvalue weighted by Crippen LogP contribution is -2.28. The van der Waals surface area contributed by atoms with Gasteiger partial charge in [0.1, 0.15) is 5.82 Å². The predicted molar refractivity (Wildman–Crippen MR) is 76.2 cm³/mol. The van der Waals surface area contributed by atoms with Gasteiger partial charge in [0.25, 0.3) is 0 Å². The van der Waals surface area contributed by atoms with Gasteiger partial charge in [-0.05, 0) is 37.5 Å². The van der Waals surface area contributed by atoms with Crippen LogP contribution < -0.4 is 4.90 Å². The molecule has 4 nitrogen and oxygen atoms in total. The van der Waals surface area contributed by atoms with Crippen LogP contribution in [0, 0.1) is 0 Å². The second-order valence-electron chi connectivity index (χ2n) is 4.87. The number of rotatable bonds is 7. The second kappa shape index (κ2) is 6.36. The summed E-state index contributed by atoms with van der Waals surface area (Å²) < 4.78 is 0. The molecule has 1 aromatic heterocycles.